The minimum Gasteiger partial charge on any atom is -0.496 e. The maximum absolute atomic E-state index is 12.9. The number of benzene rings is 2. The molecule has 0 unspecified atom stereocenters. The quantitative estimate of drug-likeness (QED) is 0.668. The molecule has 29 heavy (non-hydrogen) atoms. The van der Waals surface area contributed by atoms with Gasteiger partial charge in [-0.2, -0.15) is 4.98 Å². The number of ether oxygens (including phenoxy) is 2. The SMILES string of the molecule is CCOC(=O)C1=C(C)Nc2nc(-c3ccccc3)nn2[C@@H]1c1ccccc1OC. The number of nitrogens with one attached hydrogen (secondary N) is 1. The average Bonchev–Trinajstić information content (AvgIpc) is 3.17. The molecule has 0 amide bonds. The van der Waals surface area contributed by atoms with Gasteiger partial charge in [0, 0.05) is 16.8 Å². The second kappa shape index (κ2) is 7.79. The Labute approximate surface area is 169 Å². The lowest BCUT2D eigenvalue weighted by Gasteiger charge is -2.28. The average molecular weight is 390 g/mol. The number of methoxy groups -OCH3 is 1. The molecule has 4 rings (SSSR count). The Morgan fingerprint density at radius 1 is 1.14 bits per heavy atom. The van der Waals surface area contributed by atoms with E-state index in [-0.39, 0.29) is 6.61 Å². The van der Waals surface area contributed by atoms with Gasteiger partial charge in [-0.15, -0.1) is 5.10 Å². The molecule has 0 spiro atoms. The molecule has 1 N–H and O–H groups in total. The monoisotopic (exact) mass is 390 g/mol. The van der Waals surface area contributed by atoms with Crippen LogP contribution in [0.4, 0.5) is 5.95 Å². The number of esters is 1. The van der Waals surface area contributed by atoms with E-state index in [0.29, 0.717) is 28.8 Å². The Balaban J connectivity index is 1.90. The molecule has 3 aromatic rings. The molecule has 0 radical (unpaired) electrons. The number of rotatable bonds is 5. The maximum atomic E-state index is 12.9. The normalized spacial score (nSPS) is 15.5. The Morgan fingerprint density at radius 2 is 1.86 bits per heavy atom. The molecule has 1 atom stereocenters. The van der Waals surface area contributed by atoms with Crippen molar-refractivity contribution in [1.29, 1.82) is 0 Å². The highest BCUT2D eigenvalue weighted by Crippen LogP contribution is 2.40. The van der Waals surface area contributed by atoms with E-state index < -0.39 is 12.0 Å². The summed E-state index contributed by atoms with van der Waals surface area (Å²) in [4.78, 5) is 17.5. The lowest BCUT2D eigenvalue weighted by molar-refractivity contribution is -0.139. The first kappa shape index (κ1) is 18.7. The molecule has 0 aliphatic carbocycles. The summed E-state index contributed by atoms with van der Waals surface area (Å²) in [5, 5.41) is 7.93. The van der Waals surface area contributed by atoms with Gasteiger partial charge in [-0.05, 0) is 19.9 Å². The van der Waals surface area contributed by atoms with Crippen LogP contribution >= 0.6 is 0 Å². The number of allylic oxidation sites excluding steroid dienone is 1. The van der Waals surface area contributed by atoms with Crippen LogP contribution < -0.4 is 10.1 Å². The van der Waals surface area contributed by atoms with E-state index in [1.807, 2.05) is 61.5 Å². The highest BCUT2D eigenvalue weighted by molar-refractivity contribution is 5.92. The van der Waals surface area contributed by atoms with Crippen molar-refractivity contribution in [3.05, 3.63) is 71.4 Å². The van der Waals surface area contributed by atoms with Crippen molar-refractivity contribution in [2.45, 2.75) is 19.9 Å². The number of para-hydroxylation sites is 1. The number of aromatic nitrogens is 3. The molecular formula is C22H22N4O3. The third-order valence-corrected chi connectivity index (χ3v) is 4.81. The van der Waals surface area contributed by atoms with Gasteiger partial charge in [-0.25, -0.2) is 9.48 Å². The molecule has 1 aliphatic rings. The lowest BCUT2D eigenvalue weighted by atomic mass is 9.95. The third-order valence-electron chi connectivity index (χ3n) is 4.81. The number of nitrogens with zero attached hydrogens (tertiary/aromatic N) is 3. The van der Waals surface area contributed by atoms with Crippen molar-refractivity contribution in [3.8, 4) is 17.1 Å². The van der Waals surface area contributed by atoms with Gasteiger partial charge in [0.25, 0.3) is 0 Å². The standard InChI is InChI=1S/C22H22N4O3/c1-4-29-21(27)18-14(2)23-22-24-20(15-10-6-5-7-11-15)25-26(22)19(18)16-12-8-9-13-17(16)28-3/h5-13,19H,4H2,1-3H3,(H,23,24,25)/t19-/m1/s1. The molecule has 0 fully saturated rings. The molecule has 7 nitrogen and oxygen atoms in total. The fourth-order valence-corrected chi connectivity index (χ4v) is 3.51. The molecule has 2 aromatic carbocycles. The molecule has 0 saturated heterocycles. The molecule has 1 aliphatic heterocycles. The molecule has 2 heterocycles. The van der Waals surface area contributed by atoms with Gasteiger partial charge < -0.3 is 14.8 Å². The zero-order valence-electron chi connectivity index (χ0n) is 16.5. The largest absolute Gasteiger partial charge is 0.496 e. The van der Waals surface area contributed by atoms with Gasteiger partial charge in [0.15, 0.2) is 5.82 Å². The van der Waals surface area contributed by atoms with Gasteiger partial charge in [-0.3, -0.25) is 0 Å². The van der Waals surface area contributed by atoms with E-state index in [4.69, 9.17) is 14.6 Å². The first-order valence-electron chi connectivity index (χ1n) is 9.43. The highest BCUT2D eigenvalue weighted by Gasteiger charge is 2.36. The van der Waals surface area contributed by atoms with E-state index >= 15 is 0 Å². The fraction of sp³-hybridized carbons (Fsp3) is 0.227. The van der Waals surface area contributed by atoms with E-state index in [1.165, 1.54) is 0 Å². The van der Waals surface area contributed by atoms with Crippen LogP contribution in [-0.2, 0) is 9.53 Å². The maximum Gasteiger partial charge on any atom is 0.338 e. The van der Waals surface area contributed by atoms with Crippen LogP contribution in [0, 0.1) is 0 Å². The van der Waals surface area contributed by atoms with E-state index in [2.05, 4.69) is 10.3 Å². The van der Waals surface area contributed by atoms with Gasteiger partial charge >= 0.3 is 5.97 Å². The molecule has 7 heteroatoms. The van der Waals surface area contributed by atoms with Gasteiger partial charge in [-0.1, -0.05) is 48.5 Å². The van der Waals surface area contributed by atoms with Crippen LogP contribution in [0.5, 0.6) is 5.75 Å². The number of carbonyl (C=O) groups is 1. The Hall–Kier alpha value is -3.61. The van der Waals surface area contributed by atoms with Crippen molar-refractivity contribution in [3.63, 3.8) is 0 Å². The summed E-state index contributed by atoms with van der Waals surface area (Å²) in [7, 11) is 1.61. The summed E-state index contributed by atoms with van der Waals surface area (Å²) in [6, 6.07) is 16.8. The van der Waals surface area contributed by atoms with Crippen molar-refractivity contribution in [1.82, 2.24) is 14.8 Å². The zero-order chi connectivity index (χ0) is 20.4. The summed E-state index contributed by atoms with van der Waals surface area (Å²) in [6.07, 6.45) is 0. The highest BCUT2D eigenvalue weighted by atomic mass is 16.5. The third kappa shape index (κ3) is 3.35. The number of hydrogen-bond donors (Lipinski definition) is 1. The van der Waals surface area contributed by atoms with Gasteiger partial charge in [0.1, 0.15) is 11.8 Å². The van der Waals surface area contributed by atoms with Crippen molar-refractivity contribution in [2.75, 3.05) is 19.0 Å². The minimum atomic E-state index is -0.522. The van der Waals surface area contributed by atoms with Crippen LogP contribution in [0.3, 0.4) is 0 Å². The topological polar surface area (TPSA) is 78.3 Å². The molecular weight excluding hydrogens is 368 g/mol. The molecule has 0 saturated carbocycles. The van der Waals surface area contributed by atoms with E-state index in [1.54, 1.807) is 18.7 Å². The number of fused-ring (bicyclic) bond motifs is 1. The van der Waals surface area contributed by atoms with Crippen molar-refractivity contribution in [2.24, 2.45) is 0 Å². The van der Waals surface area contributed by atoms with Gasteiger partial charge in [0.05, 0.1) is 19.3 Å². The van der Waals surface area contributed by atoms with Crippen LogP contribution in [-0.4, -0.2) is 34.5 Å². The predicted molar refractivity (Wildman–Crippen MR) is 110 cm³/mol. The van der Waals surface area contributed by atoms with Crippen LogP contribution in [0.1, 0.15) is 25.5 Å². The summed E-state index contributed by atoms with van der Waals surface area (Å²) in [5.41, 5.74) is 2.86. The lowest BCUT2D eigenvalue weighted by Crippen LogP contribution is -2.30. The molecule has 0 bridgehead atoms. The second-order valence-corrected chi connectivity index (χ2v) is 6.60. The van der Waals surface area contributed by atoms with Crippen LogP contribution in [0.15, 0.2) is 65.9 Å². The van der Waals surface area contributed by atoms with E-state index in [0.717, 1.165) is 11.1 Å². The summed E-state index contributed by atoms with van der Waals surface area (Å²) in [6.45, 7) is 3.92. The smallest absolute Gasteiger partial charge is 0.338 e. The second-order valence-electron chi connectivity index (χ2n) is 6.60. The predicted octanol–water partition coefficient (Wildman–Crippen LogP) is 3.81. The van der Waals surface area contributed by atoms with Gasteiger partial charge in [0.2, 0.25) is 5.95 Å². The van der Waals surface area contributed by atoms with Crippen molar-refractivity contribution < 1.29 is 14.3 Å². The Morgan fingerprint density at radius 3 is 2.59 bits per heavy atom. The van der Waals surface area contributed by atoms with E-state index in [9.17, 15) is 4.79 Å². The summed E-state index contributed by atoms with van der Waals surface area (Å²) < 4.78 is 12.6. The Kier molecular flexibility index (Phi) is 5.03. The summed E-state index contributed by atoms with van der Waals surface area (Å²) in [5.74, 6) is 1.41. The molecule has 1 aromatic heterocycles. The zero-order valence-corrected chi connectivity index (χ0v) is 16.5. The first-order chi connectivity index (χ1) is 14.1. The number of hydrogen-bond acceptors (Lipinski definition) is 6. The van der Waals surface area contributed by atoms with Crippen LogP contribution in [0.25, 0.3) is 11.4 Å². The van der Waals surface area contributed by atoms with Crippen molar-refractivity contribution >= 4 is 11.9 Å². The minimum absolute atomic E-state index is 0.285. The summed E-state index contributed by atoms with van der Waals surface area (Å²) >= 11 is 0. The Bertz CT molecular complexity index is 1070. The van der Waals surface area contributed by atoms with Crippen LogP contribution in [0.2, 0.25) is 0 Å². The number of carbonyl (C=O) groups excluding carboxylic acids is 1. The first-order valence-corrected chi connectivity index (χ1v) is 9.43. The molecule has 148 valence electrons. The fourth-order valence-electron chi connectivity index (χ4n) is 3.51. The number of anilines is 1.